The van der Waals surface area contributed by atoms with Crippen molar-refractivity contribution in [1.29, 1.82) is 0 Å². The van der Waals surface area contributed by atoms with Gasteiger partial charge in [0, 0.05) is 32.5 Å². The van der Waals surface area contributed by atoms with E-state index in [0.29, 0.717) is 0 Å². The molecule has 0 N–H and O–H groups in total. The first kappa shape index (κ1) is 21.6. The van der Waals surface area contributed by atoms with Gasteiger partial charge in [0.2, 0.25) is 0 Å². The van der Waals surface area contributed by atoms with Crippen LogP contribution in [0.5, 0.6) is 0 Å². The van der Waals surface area contributed by atoms with E-state index in [9.17, 15) is 0 Å². The molecule has 2 aromatic heterocycles. The number of furan rings is 1. The van der Waals surface area contributed by atoms with Gasteiger partial charge >= 0.3 is 7.12 Å². The average Bonchev–Trinajstić information content (AvgIpc) is 3.36. The van der Waals surface area contributed by atoms with Crippen LogP contribution in [0.2, 0.25) is 0 Å². The maximum absolute atomic E-state index is 6.36. The Morgan fingerprint density at radius 3 is 2.11 bits per heavy atom. The predicted octanol–water partition coefficient (Wildman–Crippen LogP) is 7.25. The number of para-hydroxylation sites is 1. The minimum Gasteiger partial charge on any atom is -0.456 e. The lowest BCUT2D eigenvalue weighted by Crippen LogP contribution is -2.41. The average molecular weight is 471 g/mol. The first-order valence-corrected chi connectivity index (χ1v) is 12.4. The smallest absolute Gasteiger partial charge is 0.456 e. The first-order chi connectivity index (χ1) is 17.3. The van der Waals surface area contributed by atoms with Crippen molar-refractivity contribution in [1.82, 2.24) is 4.98 Å². The molecule has 0 aliphatic carbocycles. The van der Waals surface area contributed by atoms with E-state index < -0.39 is 18.3 Å². The molecule has 3 heterocycles. The van der Waals surface area contributed by atoms with Crippen LogP contribution in [0.15, 0.2) is 89.3 Å². The summed E-state index contributed by atoms with van der Waals surface area (Å²) in [7, 11) is -0.433. The Morgan fingerprint density at radius 1 is 0.639 bits per heavy atom. The molecule has 0 amide bonds. The van der Waals surface area contributed by atoms with Crippen molar-refractivity contribution in [2.24, 2.45) is 0 Å². The number of hydrogen-bond acceptors (Lipinski definition) is 4. The molecule has 4 aromatic carbocycles. The molecule has 0 unspecified atom stereocenters. The Hall–Kier alpha value is -3.67. The molecule has 5 heteroatoms. The highest BCUT2D eigenvalue weighted by Crippen LogP contribution is 2.41. The zero-order chi connectivity index (χ0) is 24.7. The topological polar surface area (TPSA) is 44.5 Å². The van der Waals surface area contributed by atoms with Gasteiger partial charge in [0.05, 0.1) is 22.4 Å². The first-order valence-electron chi connectivity index (χ1n) is 12.4. The van der Waals surface area contributed by atoms with Gasteiger partial charge < -0.3 is 13.7 Å². The van der Waals surface area contributed by atoms with E-state index in [-0.39, 0.29) is 0 Å². The second kappa shape index (κ2) is 7.42. The van der Waals surface area contributed by atoms with Crippen molar-refractivity contribution in [3.05, 3.63) is 84.9 Å². The second-order valence-electron chi connectivity index (χ2n) is 10.7. The van der Waals surface area contributed by atoms with E-state index in [1.54, 1.807) is 0 Å². The highest BCUT2D eigenvalue weighted by atomic mass is 16.7. The molecule has 1 fully saturated rings. The highest BCUT2D eigenvalue weighted by Gasteiger charge is 2.51. The molecule has 4 nitrogen and oxygen atoms in total. The van der Waals surface area contributed by atoms with Crippen LogP contribution in [0.1, 0.15) is 27.7 Å². The molecule has 0 saturated carbocycles. The molecule has 0 bridgehead atoms. The zero-order valence-corrected chi connectivity index (χ0v) is 20.8. The molecule has 36 heavy (non-hydrogen) atoms. The minimum absolute atomic E-state index is 0.399. The van der Waals surface area contributed by atoms with Gasteiger partial charge in [-0.15, -0.1) is 0 Å². The molecule has 1 aliphatic heterocycles. The van der Waals surface area contributed by atoms with E-state index in [4.69, 9.17) is 18.7 Å². The van der Waals surface area contributed by atoms with Crippen molar-refractivity contribution in [2.45, 2.75) is 38.9 Å². The summed E-state index contributed by atoms with van der Waals surface area (Å²) in [5.74, 6) is 0. The summed E-state index contributed by atoms with van der Waals surface area (Å²) in [6, 6.07) is 29.2. The molecule has 7 rings (SSSR count). The van der Waals surface area contributed by atoms with Gasteiger partial charge in [-0.2, -0.15) is 0 Å². The maximum Gasteiger partial charge on any atom is 0.494 e. The van der Waals surface area contributed by atoms with E-state index in [1.165, 1.54) is 0 Å². The lowest BCUT2D eigenvalue weighted by molar-refractivity contribution is 0.00578. The molecule has 0 radical (unpaired) electrons. The fourth-order valence-electron chi connectivity index (χ4n) is 5.27. The molecular formula is C31H26BNO3. The fraction of sp³-hybridized carbons (Fsp3) is 0.194. The van der Waals surface area contributed by atoms with Gasteiger partial charge in [-0.05, 0) is 57.4 Å². The normalized spacial score (nSPS) is 17.1. The number of rotatable bonds is 2. The quantitative estimate of drug-likeness (QED) is 0.197. The van der Waals surface area contributed by atoms with Gasteiger partial charge in [0.15, 0.2) is 0 Å². The predicted molar refractivity (Wildman–Crippen MR) is 148 cm³/mol. The molecule has 0 spiro atoms. The third-order valence-corrected chi connectivity index (χ3v) is 7.89. The van der Waals surface area contributed by atoms with Crippen molar-refractivity contribution in [2.75, 3.05) is 0 Å². The van der Waals surface area contributed by atoms with Crippen molar-refractivity contribution in [3.63, 3.8) is 0 Å². The van der Waals surface area contributed by atoms with E-state index in [1.807, 2.05) is 24.3 Å². The number of aromatic nitrogens is 1. The Balaban J connectivity index is 1.55. The monoisotopic (exact) mass is 471 g/mol. The number of nitrogens with zero attached hydrogens (tertiary/aromatic N) is 1. The van der Waals surface area contributed by atoms with Gasteiger partial charge in [0.25, 0.3) is 0 Å². The third-order valence-electron chi connectivity index (χ3n) is 7.89. The summed E-state index contributed by atoms with van der Waals surface area (Å²) >= 11 is 0. The Bertz CT molecular complexity index is 1790. The molecule has 1 saturated heterocycles. The van der Waals surface area contributed by atoms with Crippen LogP contribution >= 0.6 is 0 Å². The van der Waals surface area contributed by atoms with E-state index >= 15 is 0 Å². The largest absolute Gasteiger partial charge is 0.494 e. The van der Waals surface area contributed by atoms with Gasteiger partial charge in [-0.1, -0.05) is 60.7 Å². The molecule has 0 atom stereocenters. The second-order valence-corrected chi connectivity index (χ2v) is 10.7. The van der Waals surface area contributed by atoms with Gasteiger partial charge in [-0.3, -0.25) is 0 Å². The Labute approximate surface area is 210 Å². The summed E-state index contributed by atoms with van der Waals surface area (Å²) in [6.07, 6.45) is 0. The van der Waals surface area contributed by atoms with Crippen LogP contribution in [0.4, 0.5) is 0 Å². The summed E-state index contributed by atoms with van der Waals surface area (Å²) < 4.78 is 19.1. The van der Waals surface area contributed by atoms with E-state index in [2.05, 4.69) is 88.4 Å². The number of hydrogen-bond donors (Lipinski definition) is 0. The van der Waals surface area contributed by atoms with Crippen molar-refractivity contribution in [3.8, 4) is 11.3 Å². The SMILES string of the molecule is CC1(C)OB(c2ccc3oc4ccc5c(-c6ccccc6)nc6ccccc6c5c4c3c2)OC1(C)C. The van der Waals surface area contributed by atoms with Crippen LogP contribution in [0, 0.1) is 0 Å². The summed E-state index contributed by atoms with van der Waals surface area (Å²) in [5.41, 5.74) is 4.93. The molecule has 176 valence electrons. The summed E-state index contributed by atoms with van der Waals surface area (Å²) in [5, 5.41) is 5.52. The number of benzene rings is 4. The van der Waals surface area contributed by atoms with Gasteiger partial charge in [0.1, 0.15) is 11.2 Å². The maximum atomic E-state index is 6.36. The van der Waals surface area contributed by atoms with Crippen LogP contribution in [-0.4, -0.2) is 23.3 Å². The minimum atomic E-state index is -0.433. The molecule has 6 aromatic rings. The number of pyridine rings is 1. The third kappa shape index (κ3) is 3.06. The van der Waals surface area contributed by atoms with E-state index in [0.717, 1.165) is 60.3 Å². The Morgan fingerprint density at radius 2 is 1.33 bits per heavy atom. The Kier molecular flexibility index (Phi) is 4.45. The highest BCUT2D eigenvalue weighted by molar-refractivity contribution is 6.62. The zero-order valence-electron chi connectivity index (χ0n) is 20.8. The van der Waals surface area contributed by atoms with Gasteiger partial charge in [-0.25, -0.2) is 4.98 Å². The van der Waals surface area contributed by atoms with Crippen molar-refractivity contribution >= 4 is 56.2 Å². The van der Waals surface area contributed by atoms with Crippen molar-refractivity contribution < 1.29 is 13.7 Å². The van der Waals surface area contributed by atoms with Crippen LogP contribution in [0.25, 0.3) is 54.9 Å². The molecular weight excluding hydrogens is 445 g/mol. The molecule has 1 aliphatic rings. The number of fused-ring (bicyclic) bond motifs is 7. The lowest BCUT2D eigenvalue weighted by atomic mass is 9.78. The van der Waals surface area contributed by atoms with Crippen LogP contribution in [0.3, 0.4) is 0 Å². The standard InChI is InChI=1S/C31H26BNO3/c1-30(2)31(3,4)36-32(35-30)20-14-16-25-23(18-20)28-26(34-25)17-15-22-27(28)21-12-8-9-13-24(21)33-29(22)19-10-6-5-7-11-19/h5-18H,1-4H3. The lowest BCUT2D eigenvalue weighted by Gasteiger charge is -2.32. The summed E-state index contributed by atoms with van der Waals surface area (Å²) in [6.45, 7) is 8.32. The summed E-state index contributed by atoms with van der Waals surface area (Å²) in [4.78, 5) is 5.09. The van der Waals surface area contributed by atoms with Crippen LogP contribution in [-0.2, 0) is 9.31 Å². The van der Waals surface area contributed by atoms with Crippen LogP contribution < -0.4 is 5.46 Å². The fourth-order valence-corrected chi connectivity index (χ4v) is 5.27.